The van der Waals surface area contributed by atoms with Crippen molar-refractivity contribution in [2.75, 3.05) is 11.9 Å². The van der Waals surface area contributed by atoms with E-state index in [2.05, 4.69) is 10.3 Å². The summed E-state index contributed by atoms with van der Waals surface area (Å²) in [5.41, 5.74) is 4.88. The molecule has 2 heterocycles. The van der Waals surface area contributed by atoms with Crippen molar-refractivity contribution in [2.24, 2.45) is 0 Å². The lowest BCUT2D eigenvalue weighted by Gasteiger charge is -2.27. The van der Waals surface area contributed by atoms with Gasteiger partial charge in [0.05, 0.1) is 5.56 Å². The summed E-state index contributed by atoms with van der Waals surface area (Å²) in [4.78, 5) is 31.1. The Labute approximate surface area is 195 Å². The Kier molecular flexibility index (Phi) is 5.38. The van der Waals surface area contributed by atoms with E-state index < -0.39 is 11.7 Å². The van der Waals surface area contributed by atoms with Crippen molar-refractivity contribution in [2.45, 2.75) is 19.9 Å². The summed E-state index contributed by atoms with van der Waals surface area (Å²) in [6, 6.07) is 16.7. The third-order valence-corrected chi connectivity index (χ3v) is 6.31. The van der Waals surface area contributed by atoms with Crippen LogP contribution in [0.1, 0.15) is 37.5 Å². The average molecular weight is 462 g/mol. The number of nitrogens with zero attached hydrogens (tertiary/aromatic N) is 1. The van der Waals surface area contributed by atoms with Crippen LogP contribution in [0, 0.1) is 12.7 Å². The van der Waals surface area contributed by atoms with E-state index in [1.807, 2.05) is 25.1 Å². The highest BCUT2D eigenvalue weighted by atomic mass is 35.5. The van der Waals surface area contributed by atoms with Gasteiger partial charge < -0.3 is 15.2 Å². The first-order valence-electron chi connectivity index (χ1n) is 10.7. The van der Waals surface area contributed by atoms with E-state index in [0.29, 0.717) is 29.4 Å². The molecule has 33 heavy (non-hydrogen) atoms. The molecule has 5 rings (SSSR count). The predicted molar refractivity (Wildman–Crippen MR) is 127 cm³/mol. The maximum absolute atomic E-state index is 14.0. The number of fused-ring (bicyclic) bond motifs is 3. The number of halogens is 2. The van der Waals surface area contributed by atoms with Crippen molar-refractivity contribution in [1.29, 1.82) is 0 Å². The Hall–Kier alpha value is -3.64. The number of benzene rings is 3. The second-order valence-corrected chi connectivity index (χ2v) is 8.65. The number of rotatable bonds is 3. The third kappa shape index (κ3) is 3.98. The monoisotopic (exact) mass is 461 g/mol. The average Bonchev–Trinajstić information content (AvgIpc) is 3.17. The lowest BCUT2D eigenvalue weighted by Crippen LogP contribution is -2.35. The molecule has 0 fully saturated rings. The van der Waals surface area contributed by atoms with Crippen molar-refractivity contribution in [3.8, 4) is 0 Å². The summed E-state index contributed by atoms with van der Waals surface area (Å²) in [5, 5.41) is 4.42. The van der Waals surface area contributed by atoms with Crippen LogP contribution in [0.5, 0.6) is 0 Å². The lowest BCUT2D eigenvalue weighted by molar-refractivity contribution is 0.0735. The van der Waals surface area contributed by atoms with Crippen LogP contribution in [-0.2, 0) is 13.0 Å². The van der Waals surface area contributed by atoms with E-state index in [0.717, 1.165) is 34.1 Å². The van der Waals surface area contributed by atoms with Gasteiger partial charge in [-0.3, -0.25) is 9.59 Å². The number of anilines is 1. The normalized spacial score (nSPS) is 13.1. The minimum absolute atomic E-state index is 0.0461. The Morgan fingerprint density at radius 1 is 1.09 bits per heavy atom. The second kappa shape index (κ2) is 8.37. The topological polar surface area (TPSA) is 65.2 Å². The van der Waals surface area contributed by atoms with Crippen molar-refractivity contribution in [1.82, 2.24) is 9.88 Å². The molecule has 2 amide bonds. The number of aromatic nitrogens is 1. The number of amides is 2. The minimum Gasteiger partial charge on any atom is -0.358 e. The van der Waals surface area contributed by atoms with Crippen LogP contribution in [0.4, 0.5) is 10.1 Å². The van der Waals surface area contributed by atoms with Crippen LogP contribution < -0.4 is 5.32 Å². The molecule has 0 unspecified atom stereocenters. The Morgan fingerprint density at radius 3 is 2.73 bits per heavy atom. The SMILES string of the molecule is Cc1ccc(C(=O)N2CCc3[nH]c4ccc(Cl)cc4c3C2)cc1NC(=O)c1ccccc1F. The van der Waals surface area contributed by atoms with Gasteiger partial charge in [0, 0.05) is 57.9 Å². The van der Waals surface area contributed by atoms with E-state index in [1.54, 1.807) is 29.2 Å². The quantitative estimate of drug-likeness (QED) is 0.410. The molecule has 1 aliphatic rings. The first-order chi connectivity index (χ1) is 15.9. The van der Waals surface area contributed by atoms with Gasteiger partial charge in [-0.2, -0.15) is 0 Å². The molecule has 0 radical (unpaired) electrons. The van der Waals surface area contributed by atoms with E-state index in [1.165, 1.54) is 18.2 Å². The molecular weight excluding hydrogens is 441 g/mol. The molecule has 0 aliphatic carbocycles. The molecule has 7 heteroatoms. The van der Waals surface area contributed by atoms with Crippen LogP contribution in [0.15, 0.2) is 60.7 Å². The standard InChI is InChI=1S/C26H21ClFN3O2/c1-15-6-7-16(12-24(15)30-25(32)18-4-2-3-5-21(18)28)26(33)31-11-10-23-20(14-31)19-13-17(27)8-9-22(19)29-23/h2-9,12-13,29H,10-11,14H2,1H3,(H,30,32). The van der Waals surface area contributed by atoms with Gasteiger partial charge in [0.1, 0.15) is 5.82 Å². The fraction of sp³-hybridized carbons (Fsp3) is 0.154. The molecule has 0 saturated heterocycles. The van der Waals surface area contributed by atoms with Crippen LogP contribution in [0.2, 0.25) is 5.02 Å². The molecule has 1 aliphatic heterocycles. The fourth-order valence-corrected chi connectivity index (χ4v) is 4.44. The van der Waals surface area contributed by atoms with Gasteiger partial charge in [0.25, 0.3) is 11.8 Å². The summed E-state index contributed by atoms with van der Waals surface area (Å²) >= 11 is 6.19. The summed E-state index contributed by atoms with van der Waals surface area (Å²) in [5.74, 6) is -1.28. The number of aryl methyl sites for hydroxylation is 1. The largest absolute Gasteiger partial charge is 0.358 e. The van der Waals surface area contributed by atoms with Gasteiger partial charge in [-0.05, 0) is 55.0 Å². The molecule has 0 bridgehead atoms. The molecular formula is C26H21ClFN3O2. The highest BCUT2D eigenvalue weighted by molar-refractivity contribution is 6.31. The molecule has 5 nitrogen and oxygen atoms in total. The number of carbonyl (C=O) groups is 2. The van der Waals surface area contributed by atoms with E-state index in [9.17, 15) is 14.0 Å². The first-order valence-corrected chi connectivity index (χ1v) is 11.0. The Morgan fingerprint density at radius 2 is 1.91 bits per heavy atom. The highest BCUT2D eigenvalue weighted by Crippen LogP contribution is 2.30. The van der Waals surface area contributed by atoms with Crippen molar-refractivity contribution >= 4 is 40.0 Å². The number of nitrogens with one attached hydrogen (secondary N) is 2. The van der Waals surface area contributed by atoms with Crippen LogP contribution >= 0.6 is 11.6 Å². The zero-order valence-corrected chi connectivity index (χ0v) is 18.7. The first kappa shape index (κ1) is 21.2. The second-order valence-electron chi connectivity index (χ2n) is 8.21. The predicted octanol–water partition coefficient (Wildman–Crippen LogP) is 5.72. The number of aromatic amines is 1. The maximum atomic E-state index is 14.0. The van der Waals surface area contributed by atoms with Crippen LogP contribution in [0.25, 0.3) is 10.9 Å². The zero-order valence-electron chi connectivity index (χ0n) is 17.9. The zero-order chi connectivity index (χ0) is 23.1. The van der Waals surface area contributed by atoms with Gasteiger partial charge in [-0.25, -0.2) is 4.39 Å². The number of hydrogen-bond donors (Lipinski definition) is 2. The smallest absolute Gasteiger partial charge is 0.258 e. The van der Waals surface area contributed by atoms with E-state index >= 15 is 0 Å². The molecule has 0 spiro atoms. The lowest BCUT2D eigenvalue weighted by atomic mass is 10.0. The highest BCUT2D eigenvalue weighted by Gasteiger charge is 2.25. The number of hydrogen-bond acceptors (Lipinski definition) is 2. The Balaban J connectivity index is 1.40. The number of H-pyrrole nitrogens is 1. The molecule has 0 atom stereocenters. The van der Waals surface area contributed by atoms with Gasteiger partial charge >= 0.3 is 0 Å². The van der Waals surface area contributed by atoms with Crippen molar-refractivity contribution in [3.05, 3.63) is 99.5 Å². The third-order valence-electron chi connectivity index (χ3n) is 6.08. The van der Waals surface area contributed by atoms with Crippen LogP contribution in [0.3, 0.4) is 0 Å². The van der Waals surface area contributed by atoms with Crippen molar-refractivity contribution in [3.63, 3.8) is 0 Å². The van der Waals surface area contributed by atoms with Crippen molar-refractivity contribution < 1.29 is 14.0 Å². The number of carbonyl (C=O) groups excluding carboxylic acids is 2. The van der Waals surface area contributed by atoms with Gasteiger partial charge in [-0.15, -0.1) is 0 Å². The molecule has 3 aromatic carbocycles. The minimum atomic E-state index is -0.595. The Bertz CT molecular complexity index is 1410. The summed E-state index contributed by atoms with van der Waals surface area (Å²) in [6.45, 7) is 2.88. The van der Waals surface area contributed by atoms with Crippen LogP contribution in [-0.4, -0.2) is 28.2 Å². The van der Waals surface area contributed by atoms with Gasteiger partial charge in [-0.1, -0.05) is 29.8 Å². The maximum Gasteiger partial charge on any atom is 0.258 e. The summed E-state index contributed by atoms with van der Waals surface area (Å²) < 4.78 is 14.0. The van der Waals surface area contributed by atoms with E-state index in [-0.39, 0.29) is 11.5 Å². The van der Waals surface area contributed by atoms with Gasteiger partial charge in [0.2, 0.25) is 0 Å². The molecule has 4 aromatic rings. The van der Waals surface area contributed by atoms with E-state index in [4.69, 9.17) is 11.6 Å². The molecule has 2 N–H and O–H groups in total. The molecule has 166 valence electrons. The van der Waals surface area contributed by atoms with Gasteiger partial charge in [0.15, 0.2) is 0 Å². The summed E-state index contributed by atoms with van der Waals surface area (Å²) in [6.07, 6.45) is 0.718. The summed E-state index contributed by atoms with van der Waals surface area (Å²) in [7, 11) is 0. The fourth-order valence-electron chi connectivity index (χ4n) is 4.27. The molecule has 1 aromatic heterocycles. The molecule has 0 saturated carbocycles.